The number of hydrogen-bond acceptors (Lipinski definition) is 6. The van der Waals surface area contributed by atoms with Crippen LogP contribution in [-0.2, 0) is 16.1 Å². The average molecular weight is 504 g/mol. The molecule has 0 spiro atoms. The van der Waals surface area contributed by atoms with Crippen LogP contribution in [0.3, 0.4) is 0 Å². The molecule has 3 aliphatic heterocycles. The number of carbonyl (C=O) groups excluding carboxylic acids is 2. The maximum Gasteiger partial charge on any atom is 0.315 e. The van der Waals surface area contributed by atoms with Gasteiger partial charge in [0.15, 0.2) is 0 Å². The standard InChI is InChI=1S/C24H27ClFN5O4/c25-17-9-15(26)3-5-20(17)30-6-1-7-31(30)23(33)12-28-24(34)27-11-14-2-4-18-16(8-14)22-10-19(29-18)21(32)13-35-22/h2-5,8-9,19,21-22,29,32H,1,6-7,10-13H2,(H2,27,28,34)/t19-,21+,22+/m0/s1. The molecule has 0 aromatic heterocycles. The van der Waals surface area contributed by atoms with E-state index in [2.05, 4.69) is 16.0 Å². The number of aliphatic hydroxyl groups is 1. The van der Waals surface area contributed by atoms with Gasteiger partial charge in [-0.05, 0) is 42.3 Å². The van der Waals surface area contributed by atoms with Crippen LogP contribution in [-0.4, -0.2) is 60.4 Å². The average Bonchev–Trinajstić information content (AvgIpc) is 3.33. The monoisotopic (exact) mass is 503 g/mol. The summed E-state index contributed by atoms with van der Waals surface area (Å²) >= 11 is 6.16. The molecule has 2 aromatic carbocycles. The van der Waals surface area contributed by atoms with Crippen molar-refractivity contribution in [3.63, 3.8) is 0 Å². The van der Waals surface area contributed by atoms with Crippen molar-refractivity contribution in [2.24, 2.45) is 0 Å². The Hall–Kier alpha value is -3.08. The Morgan fingerprint density at radius 1 is 1.20 bits per heavy atom. The summed E-state index contributed by atoms with van der Waals surface area (Å²) < 4.78 is 19.2. The summed E-state index contributed by atoms with van der Waals surface area (Å²) in [4.78, 5) is 25.1. The van der Waals surface area contributed by atoms with E-state index in [1.165, 1.54) is 23.2 Å². The molecule has 2 saturated heterocycles. The number of ether oxygens (including phenoxy) is 1. The quantitative estimate of drug-likeness (QED) is 0.500. The van der Waals surface area contributed by atoms with Crippen LogP contribution in [0.25, 0.3) is 0 Å². The number of nitrogens with one attached hydrogen (secondary N) is 3. The summed E-state index contributed by atoms with van der Waals surface area (Å²) in [7, 11) is 0. The molecular formula is C24H27ClFN5O4. The van der Waals surface area contributed by atoms with E-state index in [1.807, 2.05) is 18.2 Å². The van der Waals surface area contributed by atoms with Gasteiger partial charge in [0, 0.05) is 37.3 Å². The fraction of sp³-hybridized carbons (Fsp3) is 0.417. The fourth-order valence-corrected chi connectivity index (χ4v) is 5.05. The highest BCUT2D eigenvalue weighted by atomic mass is 35.5. The Kier molecular flexibility index (Phi) is 6.68. The van der Waals surface area contributed by atoms with E-state index in [1.54, 1.807) is 5.01 Å². The number of halogens is 2. The number of nitrogens with zero attached hydrogens (tertiary/aromatic N) is 2. The first kappa shape index (κ1) is 23.7. The molecule has 4 N–H and O–H groups in total. The number of benzene rings is 2. The third kappa shape index (κ3) is 5.00. The molecule has 5 rings (SSSR count). The Morgan fingerprint density at radius 2 is 2.06 bits per heavy atom. The molecule has 2 bridgehead atoms. The van der Waals surface area contributed by atoms with E-state index < -0.39 is 18.0 Å². The maximum atomic E-state index is 13.4. The number of rotatable bonds is 5. The molecule has 0 saturated carbocycles. The van der Waals surface area contributed by atoms with Crippen molar-refractivity contribution in [2.45, 2.75) is 37.6 Å². The smallest absolute Gasteiger partial charge is 0.315 e. The molecular weight excluding hydrogens is 477 g/mol. The minimum Gasteiger partial charge on any atom is -0.389 e. The van der Waals surface area contributed by atoms with Crippen molar-refractivity contribution >= 4 is 34.9 Å². The second-order valence-corrected chi connectivity index (χ2v) is 9.33. The summed E-state index contributed by atoms with van der Waals surface area (Å²) in [5, 5.41) is 22.2. The summed E-state index contributed by atoms with van der Waals surface area (Å²) in [6.45, 7) is 1.45. The second kappa shape index (κ2) is 9.88. The SMILES string of the molecule is O=C(NCC(=O)N1CCCN1c1ccc(F)cc1Cl)NCc1ccc2c(c1)[C@H]1C[C@H](N2)[C@H](O)CO1. The molecule has 3 heterocycles. The molecule has 0 unspecified atom stereocenters. The zero-order valence-corrected chi connectivity index (χ0v) is 19.7. The van der Waals surface area contributed by atoms with Crippen LogP contribution < -0.4 is 21.0 Å². The summed E-state index contributed by atoms with van der Waals surface area (Å²) in [5.41, 5.74) is 3.39. The largest absolute Gasteiger partial charge is 0.389 e. The summed E-state index contributed by atoms with van der Waals surface area (Å²) in [5.74, 6) is -0.734. The number of aliphatic hydroxyl groups excluding tert-OH is 1. The number of carbonyl (C=O) groups is 2. The predicted molar refractivity (Wildman–Crippen MR) is 128 cm³/mol. The fourth-order valence-electron chi connectivity index (χ4n) is 4.78. The molecule has 2 aromatic rings. The van der Waals surface area contributed by atoms with Crippen LogP contribution >= 0.6 is 11.6 Å². The lowest BCUT2D eigenvalue weighted by atomic mass is 9.89. The van der Waals surface area contributed by atoms with Crippen molar-refractivity contribution < 1.29 is 23.8 Å². The number of hydrogen-bond donors (Lipinski definition) is 4. The first-order chi connectivity index (χ1) is 16.9. The van der Waals surface area contributed by atoms with E-state index in [4.69, 9.17) is 16.3 Å². The predicted octanol–water partition coefficient (Wildman–Crippen LogP) is 2.55. The summed E-state index contributed by atoms with van der Waals surface area (Å²) in [6, 6.07) is 9.39. The molecule has 35 heavy (non-hydrogen) atoms. The summed E-state index contributed by atoms with van der Waals surface area (Å²) in [6.07, 6.45) is 0.838. The van der Waals surface area contributed by atoms with E-state index in [-0.39, 0.29) is 36.2 Å². The molecule has 0 radical (unpaired) electrons. The Bertz CT molecular complexity index is 1140. The Balaban J connectivity index is 1.13. The number of anilines is 2. The van der Waals surface area contributed by atoms with Gasteiger partial charge in [-0.25, -0.2) is 9.18 Å². The van der Waals surface area contributed by atoms with Gasteiger partial charge in [0.05, 0.1) is 35.6 Å². The number of fused-ring (bicyclic) bond motifs is 4. The first-order valence-electron chi connectivity index (χ1n) is 11.6. The molecule has 3 amide bonds. The van der Waals surface area contributed by atoms with Gasteiger partial charge in [0.25, 0.3) is 5.91 Å². The van der Waals surface area contributed by atoms with Crippen molar-refractivity contribution in [1.29, 1.82) is 0 Å². The minimum absolute atomic E-state index is 0.0147. The number of hydrazine groups is 1. The second-order valence-electron chi connectivity index (χ2n) is 8.92. The van der Waals surface area contributed by atoms with Crippen molar-refractivity contribution in [1.82, 2.24) is 15.6 Å². The molecule has 11 heteroatoms. The van der Waals surface area contributed by atoms with Gasteiger partial charge < -0.3 is 25.8 Å². The topological polar surface area (TPSA) is 106 Å². The third-order valence-corrected chi connectivity index (χ3v) is 6.87. The zero-order valence-electron chi connectivity index (χ0n) is 19.0. The highest BCUT2D eigenvalue weighted by molar-refractivity contribution is 6.33. The number of urea groups is 1. The molecule has 0 aliphatic carbocycles. The van der Waals surface area contributed by atoms with Crippen LogP contribution in [0.5, 0.6) is 0 Å². The van der Waals surface area contributed by atoms with Gasteiger partial charge in [-0.2, -0.15) is 0 Å². The molecule has 2 fully saturated rings. The molecule has 3 aliphatic rings. The number of amides is 3. The Morgan fingerprint density at radius 3 is 2.89 bits per heavy atom. The molecule has 9 nitrogen and oxygen atoms in total. The van der Waals surface area contributed by atoms with Gasteiger partial charge in [-0.15, -0.1) is 0 Å². The Labute approximate surface area is 207 Å². The van der Waals surface area contributed by atoms with Crippen molar-refractivity contribution in [2.75, 3.05) is 36.6 Å². The van der Waals surface area contributed by atoms with Crippen molar-refractivity contribution in [3.05, 3.63) is 58.4 Å². The highest BCUT2D eigenvalue weighted by Gasteiger charge is 2.36. The third-order valence-electron chi connectivity index (χ3n) is 6.56. The highest BCUT2D eigenvalue weighted by Crippen LogP contribution is 2.39. The van der Waals surface area contributed by atoms with Crippen LogP contribution in [0.2, 0.25) is 5.02 Å². The van der Waals surface area contributed by atoms with Gasteiger partial charge in [0.1, 0.15) is 12.4 Å². The first-order valence-corrected chi connectivity index (χ1v) is 12.0. The van der Waals surface area contributed by atoms with E-state index in [0.29, 0.717) is 31.8 Å². The normalized spacial score (nSPS) is 22.9. The van der Waals surface area contributed by atoms with Crippen LogP contribution in [0.15, 0.2) is 36.4 Å². The van der Waals surface area contributed by atoms with Crippen LogP contribution in [0.1, 0.15) is 30.1 Å². The lowest BCUT2D eigenvalue weighted by Crippen LogP contribution is -2.48. The lowest BCUT2D eigenvalue weighted by Gasteiger charge is -2.40. The van der Waals surface area contributed by atoms with Gasteiger partial charge in [-0.3, -0.25) is 14.8 Å². The van der Waals surface area contributed by atoms with Gasteiger partial charge in [0.2, 0.25) is 0 Å². The van der Waals surface area contributed by atoms with E-state index >= 15 is 0 Å². The zero-order chi connectivity index (χ0) is 24.5. The van der Waals surface area contributed by atoms with Gasteiger partial charge in [-0.1, -0.05) is 17.7 Å². The molecule has 3 atom stereocenters. The van der Waals surface area contributed by atoms with Gasteiger partial charge >= 0.3 is 6.03 Å². The van der Waals surface area contributed by atoms with Crippen LogP contribution in [0.4, 0.5) is 20.6 Å². The van der Waals surface area contributed by atoms with E-state index in [9.17, 15) is 19.1 Å². The minimum atomic E-state index is -0.521. The molecule has 186 valence electrons. The van der Waals surface area contributed by atoms with Crippen LogP contribution in [0, 0.1) is 5.82 Å². The van der Waals surface area contributed by atoms with Crippen molar-refractivity contribution in [3.8, 4) is 0 Å². The lowest BCUT2D eigenvalue weighted by molar-refractivity contribution is -0.129. The maximum absolute atomic E-state index is 13.4. The van der Waals surface area contributed by atoms with E-state index in [0.717, 1.165) is 23.2 Å².